The molecule has 2 rings (SSSR count). The van der Waals surface area contributed by atoms with E-state index in [-0.39, 0.29) is 11.8 Å². The Balaban J connectivity index is 1.81. The molecule has 1 aromatic rings. The van der Waals surface area contributed by atoms with Crippen LogP contribution >= 0.6 is 0 Å². The number of hydrogen-bond donors (Lipinski definition) is 1. The minimum absolute atomic E-state index is 0.141. The zero-order valence-electron chi connectivity index (χ0n) is 10.5. The van der Waals surface area contributed by atoms with Crippen molar-refractivity contribution in [2.24, 2.45) is 5.41 Å². The summed E-state index contributed by atoms with van der Waals surface area (Å²) in [4.78, 5) is 10.5. The number of carboxylic acids is 1. The van der Waals surface area contributed by atoms with Crippen LogP contribution in [0.1, 0.15) is 18.9 Å². The van der Waals surface area contributed by atoms with Crippen molar-refractivity contribution in [2.45, 2.75) is 19.8 Å². The molecule has 0 atom stereocenters. The number of carboxylic acid groups (broad SMARTS) is 1. The van der Waals surface area contributed by atoms with Gasteiger partial charge >= 0.3 is 5.97 Å². The Morgan fingerprint density at radius 3 is 2.56 bits per heavy atom. The molecule has 1 aliphatic rings. The molecular formula is C14H18O4. The number of aryl methyl sites for hydroxylation is 1. The first-order chi connectivity index (χ1) is 8.57. The predicted octanol–water partition coefficient (Wildman–Crippen LogP) is 2.12. The fourth-order valence-electron chi connectivity index (χ4n) is 1.80. The summed E-state index contributed by atoms with van der Waals surface area (Å²) in [6.07, 6.45) is 0.719. The molecule has 0 radical (unpaired) electrons. The van der Waals surface area contributed by atoms with Crippen LogP contribution in [0.2, 0.25) is 0 Å². The van der Waals surface area contributed by atoms with Gasteiger partial charge < -0.3 is 14.6 Å². The minimum Gasteiger partial charge on any atom is -0.493 e. The summed E-state index contributed by atoms with van der Waals surface area (Å²) in [6, 6.07) is 7.61. The van der Waals surface area contributed by atoms with Crippen molar-refractivity contribution in [3.05, 3.63) is 29.8 Å². The smallest absolute Gasteiger partial charge is 0.303 e. The van der Waals surface area contributed by atoms with E-state index in [1.807, 2.05) is 24.3 Å². The van der Waals surface area contributed by atoms with Gasteiger partial charge in [0.1, 0.15) is 5.75 Å². The third-order valence-electron chi connectivity index (χ3n) is 3.04. The first kappa shape index (κ1) is 12.9. The molecule has 0 aliphatic carbocycles. The first-order valence-electron chi connectivity index (χ1n) is 6.09. The molecule has 1 N–H and O–H groups in total. The van der Waals surface area contributed by atoms with Gasteiger partial charge in [-0.2, -0.15) is 0 Å². The van der Waals surface area contributed by atoms with E-state index in [0.717, 1.165) is 24.5 Å². The zero-order chi connectivity index (χ0) is 13.0. The largest absolute Gasteiger partial charge is 0.493 e. The van der Waals surface area contributed by atoms with E-state index in [1.54, 1.807) is 0 Å². The van der Waals surface area contributed by atoms with Gasteiger partial charge in [0.15, 0.2) is 0 Å². The van der Waals surface area contributed by atoms with Crippen molar-refractivity contribution in [3.8, 4) is 5.75 Å². The van der Waals surface area contributed by atoms with Crippen LogP contribution in [0.5, 0.6) is 5.75 Å². The fourth-order valence-corrected chi connectivity index (χ4v) is 1.80. The summed E-state index contributed by atoms with van der Waals surface area (Å²) in [7, 11) is 0. The van der Waals surface area contributed by atoms with Gasteiger partial charge in [0.2, 0.25) is 0 Å². The molecule has 0 saturated carbocycles. The van der Waals surface area contributed by atoms with Crippen molar-refractivity contribution < 1.29 is 19.4 Å². The molecule has 0 amide bonds. The lowest BCUT2D eigenvalue weighted by molar-refractivity contribution is -0.136. The molecule has 0 bridgehead atoms. The van der Waals surface area contributed by atoms with Gasteiger partial charge in [-0.25, -0.2) is 0 Å². The maximum Gasteiger partial charge on any atom is 0.303 e. The molecule has 1 aliphatic heterocycles. The monoisotopic (exact) mass is 250 g/mol. The minimum atomic E-state index is -0.770. The normalized spacial score (nSPS) is 16.9. The quantitative estimate of drug-likeness (QED) is 0.840. The Labute approximate surface area is 107 Å². The molecule has 1 fully saturated rings. The number of aliphatic carboxylic acids is 1. The summed E-state index contributed by atoms with van der Waals surface area (Å²) in [5.74, 6) is 0.0513. The summed E-state index contributed by atoms with van der Waals surface area (Å²) in [6.45, 7) is 4.30. The van der Waals surface area contributed by atoms with E-state index < -0.39 is 5.97 Å². The van der Waals surface area contributed by atoms with E-state index in [0.29, 0.717) is 13.0 Å². The van der Waals surface area contributed by atoms with Gasteiger partial charge in [0.05, 0.1) is 19.8 Å². The number of rotatable bonds is 6. The Bertz CT molecular complexity index is 406. The molecule has 1 aromatic carbocycles. The average molecular weight is 250 g/mol. The van der Waals surface area contributed by atoms with Crippen LogP contribution in [0.25, 0.3) is 0 Å². The lowest BCUT2D eigenvalue weighted by Gasteiger charge is -2.37. The first-order valence-corrected chi connectivity index (χ1v) is 6.09. The molecule has 0 unspecified atom stereocenters. The number of benzene rings is 1. The van der Waals surface area contributed by atoms with Crippen molar-refractivity contribution in [1.82, 2.24) is 0 Å². The summed E-state index contributed by atoms with van der Waals surface area (Å²) >= 11 is 0. The van der Waals surface area contributed by atoms with Crippen LogP contribution in [0.3, 0.4) is 0 Å². The Morgan fingerprint density at radius 2 is 2.06 bits per heavy atom. The van der Waals surface area contributed by atoms with Gasteiger partial charge in [-0.05, 0) is 24.1 Å². The van der Waals surface area contributed by atoms with Crippen LogP contribution in [0.4, 0.5) is 0 Å². The zero-order valence-corrected chi connectivity index (χ0v) is 10.5. The van der Waals surface area contributed by atoms with Crippen molar-refractivity contribution >= 4 is 5.97 Å². The standard InChI is InChI=1S/C14H18O4/c1-14(8-17-9-14)10-18-12-5-2-11(3-6-12)4-7-13(15)16/h2-3,5-6H,4,7-10H2,1H3,(H,15,16). The van der Waals surface area contributed by atoms with Crippen molar-refractivity contribution in [1.29, 1.82) is 0 Å². The van der Waals surface area contributed by atoms with Gasteiger partial charge in [-0.15, -0.1) is 0 Å². The molecule has 4 nitrogen and oxygen atoms in total. The van der Waals surface area contributed by atoms with Crippen molar-refractivity contribution in [3.63, 3.8) is 0 Å². The second kappa shape index (κ2) is 5.40. The highest BCUT2D eigenvalue weighted by Crippen LogP contribution is 2.27. The second-order valence-electron chi connectivity index (χ2n) is 5.13. The molecule has 4 heteroatoms. The van der Waals surface area contributed by atoms with Crippen LogP contribution in [0.15, 0.2) is 24.3 Å². The molecule has 98 valence electrons. The predicted molar refractivity (Wildman–Crippen MR) is 66.8 cm³/mol. The summed E-state index contributed by atoms with van der Waals surface area (Å²) < 4.78 is 10.9. The van der Waals surface area contributed by atoms with E-state index >= 15 is 0 Å². The molecule has 1 heterocycles. The van der Waals surface area contributed by atoms with E-state index in [2.05, 4.69) is 6.92 Å². The van der Waals surface area contributed by atoms with E-state index in [9.17, 15) is 4.79 Å². The number of hydrogen-bond acceptors (Lipinski definition) is 3. The lowest BCUT2D eigenvalue weighted by atomic mass is 9.90. The average Bonchev–Trinajstić information content (AvgIpc) is 2.33. The third kappa shape index (κ3) is 3.47. The maximum absolute atomic E-state index is 10.5. The summed E-state index contributed by atoms with van der Waals surface area (Å²) in [5.41, 5.74) is 1.16. The lowest BCUT2D eigenvalue weighted by Crippen LogP contribution is -2.44. The fraction of sp³-hybridized carbons (Fsp3) is 0.500. The molecule has 0 spiro atoms. The number of ether oxygens (including phenoxy) is 2. The highest BCUT2D eigenvalue weighted by atomic mass is 16.5. The van der Waals surface area contributed by atoms with Gasteiger partial charge in [0.25, 0.3) is 0 Å². The van der Waals surface area contributed by atoms with Crippen LogP contribution in [0, 0.1) is 5.41 Å². The van der Waals surface area contributed by atoms with Gasteiger partial charge in [-0.3, -0.25) is 4.79 Å². The van der Waals surface area contributed by atoms with E-state index in [1.165, 1.54) is 0 Å². The second-order valence-corrected chi connectivity index (χ2v) is 5.13. The van der Waals surface area contributed by atoms with Gasteiger partial charge in [0, 0.05) is 11.8 Å². The highest BCUT2D eigenvalue weighted by Gasteiger charge is 2.34. The molecule has 0 aromatic heterocycles. The topological polar surface area (TPSA) is 55.8 Å². The van der Waals surface area contributed by atoms with Crippen LogP contribution in [-0.2, 0) is 16.0 Å². The van der Waals surface area contributed by atoms with Gasteiger partial charge in [-0.1, -0.05) is 19.1 Å². The number of carbonyl (C=O) groups is 1. The van der Waals surface area contributed by atoms with Crippen LogP contribution in [-0.4, -0.2) is 30.9 Å². The molecule has 1 saturated heterocycles. The Morgan fingerprint density at radius 1 is 1.39 bits per heavy atom. The summed E-state index contributed by atoms with van der Waals surface area (Å²) in [5, 5.41) is 8.60. The Hall–Kier alpha value is -1.55. The van der Waals surface area contributed by atoms with E-state index in [4.69, 9.17) is 14.6 Å². The molecule has 18 heavy (non-hydrogen) atoms. The Kier molecular flexibility index (Phi) is 3.87. The highest BCUT2D eigenvalue weighted by molar-refractivity contribution is 5.67. The van der Waals surface area contributed by atoms with Crippen molar-refractivity contribution in [2.75, 3.05) is 19.8 Å². The third-order valence-corrected chi connectivity index (χ3v) is 3.04. The maximum atomic E-state index is 10.5. The molecular weight excluding hydrogens is 232 g/mol. The SMILES string of the molecule is CC1(COc2ccc(CCC(=O)O)cc2)COC1. The van der Waals surface area contributed by atoms with Crippen LogP contribution < -0.4 is 4.74 Å².